The quantitative estimate of drug-likeness (QED) is 0.0947. The van der Waals surface area contributed by atoms with E-state index >= 15 is 0 Å². The Morgan fingerprint density at radius 1 is 0.246 bits per heavy atom. The maximum atomic E-state index is 11.7. The van der Waals surface area contributed by atoms with Crippen molar-refractivity contribution >= 4 is 23.9 Å². The molecule has 4 aliphatic rings. The summed E-state index contributed by atoms with van der Waals surface area (Å²) in [5, 5.41) is 38.2. The van der Waals surface area contributed by atoms with E-state index in [1.165, 1.54) is 22.3 Å². The molecule has 4 aliphatic carbocycles. The first kappa shape index (κ1) is 43.2. The third-order valence-corrected chi connectivity index (χ3v) is 15.9. The van der Waals surface area contributed by atoms with Gasteiger partial charge in [-0.15, -0.1) is 0 Å². The van der Waals surface area contributed by atoms with E-state index in [1.807, 2.05) is 48.5 Å². The van der Waals surface area contributed by atoms with Crippen LogP contribution in [-0.2, 0) is 21.7 Å². The van der Waals surface area contributed by atoms with Crippen molar-refractivity contribution in [2.45, 2.75) is 53.8 Å². The summed E-state index contributed by atoms with van der Waals surface area (Å²) in [4.78, 5) is 46.6. The van der Waals surface area contributed by atoms with Crippen molar-refractivity contribution in [2.75, 3.05) is 0 Å². The van der Waals surface area contributed by atoms with Gasteiger partial charge in [0.1, 0.15) is 0 Å². The molecule has 4 saturated carbocycles. The number of carbonyl (C=O) groups is 4. The molecule has 4 fully saturated rings. The van der Waals surface area contributed by atoms with Gasteiger partial charge in [-0.3, -0.25) is 0 Å². The number of benzene rings is 8. The number of hydrogen-bond donors (Lipinski definition) is 4. The Hall–Kier alpha value is -8.36. The van der Waals surface area contributed by atoms with Crippen LogP contribution in [0.4, 0.5) is 0 Å². The summed E-state index contributed by atoms with van der Waals surface area (Å²) in [6.07, 6.45) is 4.58. The van der Waals surface area contributed by atoms with Crippen LogP contribution in [0, 0.1) is 0 Å². The molecule has 12 rings (SSSR count). The third kappa shape index (κ3) is 7.14. The smallest absolute Gasteiger partial charge is 0.335 e. The fraction of sp³-hybridized carbons (Fsp3) is 0.148. The highest BCUT2D eigenvalue weighted by Gasteiger charge is 2.77. The topological polar surface area (TPSA) is 149 Å². The second-order valence-corrected chi connectivity index (χ2v) is 19.4. The number of carboxylic acids is 4. The van der Waals surface area contributed by atoms with Gasteiger partial charge in [-0.25, -0.2) is 19.2 Å². The maximum absolute atomic E-state index is 11.7. The molecule has 8 aromatic rings. The lowest BCUT2D eigenvalue weighted by Crippen LogP contribution is -2.44. The van der Waals surface area contributed by atoms with Gasteiger partial charge in [0.15, 0.2) is 0 Å². The molecule has 0 heterocycles. The van der Waals surface area contributed by atoms with E-state index in [1.54, 1.807) is 48.5 Å². The van der Waals surface area contributed by atoms with Crippen LogP contribution in [0.2, 0.25) is 0 Å². The molecule has 0 unspecified atom stereocenters. The Labute approximate surface area is 398 Å². The van der Waals surface area contributed by atoms with Gasteiger partial charge in [-0.2, -0.15) is 0 Å². The van der Waals surface area contributed by atoms with E-state index in [-0.39, 0.29) is 43.9 Å². The predicted molar refractivity (Wildman–Crippen MR) is 265 cm³/mol. The Bertz CT molecular complexity index is 3060. The zero-order valence-electron chi connectivity index (χ0n) is 37.4. The molecule has 0 atom stereocenters. The average molecular weight is 907 g/mol. The highest BCUT2D eigenvalue weighted by Crippen LogP contribution is 2.80. The molecule has 0 spiro atoms. The number of aromatic carboxylic acids is 4. The Morgan fingerprint density at radius 2 is 0.420 bits per heavy atom. The third-order valence-electron chi connectivity index (χ3n) is 15.9. The normalized spacial score (nSPS) is 22.0. The molecule has 0 radical (unpaired) electrons. The Morgan fingerprint density at radius 3 is 0.609 bits per heavy atom. The van der Waals surface area contributed by atoms with Gasteiger partial charge < -0.3 is 20.4 Å². The average Bonchev–Trinajstić information content (AvgIpc) is 3.74. The molecule has 8 nitrogen and oxygen atoms in total. The minimum Gasteiger partial charge on any atom is -0.478 e. The van der Waals surface area contributed by atoms with Crippen LogP contribution in [0.1, 0.15) is 95.8 Å². The lowest BCUT2D eigenvalue weighted by molar-refractivity contribution is 0.0686. The summed E-state index contributed by atoms with van der Waals surface area (Å²) >= 11 is 0. The number of carboxylic acid groups (broad SMARTS) is 4. The van der Waals surface area contributed by atoms with Crippen LogP contribution < -0.4 is 0 Å². The van der Waals surface area contributed by atoms with Crippen molar-refractivity contribution in [1.29, 1.82) is 0 Å². The van der Waals surface area contributed by atoms with E-state index in [2.05, 4.69) is 97.1 Å². The van der Waals surface area contributed by atoms with Crippen molar-refractivity contribution in [3.05, 3.63) is 239 Å². The van der Waals surface area contributed by atoms with E-state index in [9.17, 15) is 39.6 Å². The lowest BCUT2D eigenvalue weighted by atomic mass is 9.54. The highest BCUT2D eigenvalue weighted by atomic mass is 16.4. The van der Waals surface area contributed by atoms with Crippen molar-refractivity contribution in [2.24, 2.45) is 0 Å². The van der Waals surface area contributed by atoms with Gasteiger partial charge in [-0.05, 0) is 158 Å². The van der Waals surface area contributed by atoms with Gasteiger partial charge in [-0.1, -0.05) is 146 Å². The van der Waals surface area contributed by atoms with Crippen molar-refractivity contribution < 1.29 is 39.6 Å². The first-order valence-electron chi connectivity index (χ1n) is 23.1. The highest BCUT2D eigenvalue weighted by molar-refractivity contribution is 5.90. The fourth-order valence-corrected chi connectivity index (χ4v) is 12.9. The van der Waals surface area contributed by atoms with Gasteiger partial charge in [0.25, 0.3) is 0 Å². The molecule has 0 aromatic heterocycles. The lowest BCUT2D eigenvalue weighted by Gasteiger charge is -2.49. The predicted octanol–water partition coefficient (Wildman–Crippen LogP) is 13.2. The molecule has 4 N–H and O–H groups in total. The second kappa shape index (κ2) is 16.2. The minimum atomic E-state index is -0.964. The van der Waals surface area contributed by atoms with Crippen molar-refractivity contribution in [1.82, 2.24) is 0 Å². The second-order valence-electron chi connectivity index (χ2n) is 19.4. The van der Waals surface area contributed by atoms with E-state index in [0.717, 1.165) is 76.6 Å². The van der Waals surface area contributed by atoms with Gasteiger partial charge >= 0.3 is 23.9 Å². The molecular weight excluding hydrogens is 861 g/mol. The van der Waals surface area contributed by atoms with Crippen LogP contribution in [-0.4, -0.2) is 44.3 Å². The van der Waals surface area contributed by atoms with Gasteiger partial charge in [0, 0.05) is 10.8 Å². The summed E-state index contributed by atoms with van der Waals surface area (Å²) < 4.78 is 0. The summed E-state index contributed by atoms with van der Waals surface area (Å²) in [5.74, 6) is -3.85. The first-order valence-corrected chi connectivity index (χ1v) is 23.1. The summed E-state index contributed by atoms with van der Waals surface area (Å²) in [7, 11) is 0. The van der Waals surface area contributed by atoms with Gasteiger partial charge in [0.05, 0.1) is 22.3 Å². The SMILES string of the molecule is O=C(O)c1ccc(-c2ccc(C34CC5(c6ccc(-c7ccc(C(=O)O)cc7)cc6)CC(c6ccc(-c7ccc(C(=O)O)cc7)cc6)(C3)C(c3ccc(-c6ccc(C(=O)O)cc6)cc3)(C4)C5)cc2)cc1. The molecule has 0 amide bonds. The largest absolute Gasteiger partial charge is 0.478 e. The van der Waals surface area contributed by atoms with E-state index < -0.39 is 23.9 Å². The van der Waals surface area contributed by atoms with E-state index in [0.29, 0.717) is 0 Å². The van der Waals surface area contributed by atoms with Crippen molar-refractivity contribution in [3.63, 3.8) is 0 Å². The number of rotatable bonds is 12. The molecule has 338 valence electrons. The molecule has 0 aliphatic heterocycles. The summed E-state index contributed by atoms with van der Waals surface area (Å²) in [6, 6.07) is 63.6. The molecule has 8 heteroatoms. The molecule has 4 bridgehead atoms. The van der Waals surface area contributed by atoms with E-state index in [4.69, 9.17) is 0 Å². The molecule has 8 aromatic carbocycles. The van der Waals surface area contributed by atoms with Crippen LogP contribution in [0.15, 0.2) is 194 Å². The van der Waals surface area contributed by atoms with Crippen LogP contribution in [0.3, 0.4) is 0 Å². The molecular formula is C61H46O8. The Kier molecular flexibility index (Phi) is 10.1. The van der Waals surface area contributed by atoms with Crippen LogP contribution >= 0.6 is 0 Å². The molecule has 69 heavy (non-hydrogen) atoms. The maximum Gasteiger partial charge on any atom is 0.335 e. The fourth-order valence-electron chi connectivity index (χ4n) is 12.9. The first-order chi connectivity index (χ1) is 33.3. The minimum absolute atomic E-state index is 0.238. The zero-order chi connectivity index (χ0) is 47.7. The standard InChI is InChI=1S/C61H46O8/c62-54(63)46-9-1-38(2-10-46)42-17-25-50(26-18-42)58-33-59(51-27-19-43(20-28-51)39-3-11-47(12-4-39)55(64)65)36-60(34-58,52-29-21-44(22-30-52)40-5-13-48(14-6-40)56(66)67)61(35-58,37-59)53-31-23-45(24-32-53)41-7-15-49(16-8-41)57(68)69/h1-32H,33-37H2,(H,62,63)(H,64,65)(H,66,67)(H,68,69). The summed E-state index contributed by atoms with van der Waals surface area (Å²) in [5.41, 5.74) is 12.7. The van der Waals surface area contributed by atoms with Crippen molar-refractivity contribution in [3.8, 4) is 44.5 Å². The number of hydrogen-bond acceptors (Lipinski definition) is 4. The zero-order valence-corrected chi connectivity index (χ0v) is 37.4. The monoisotopic (exact) mass is 906 g/mol. The Balaban J connectivity index is 1.06. The van der Waals surface area contributed by atoms with Crippen LogP contribution in [0.5, 0.6) is 0 Å². The van der Waals surface area contributed by atoms with Crippen LogP contribution in [0.25, 0.3) is 44.5 Å². The van der Waals surface area contributed by atoms with Gasteiger partial charge in [0.2, 0.25) is 0 Å². The summed E-state index contributed by atoms with van der Waals surface area (Å²) in [6.45, 7) is 0. The molecule has 0 saturated heterocycles.